The average molecular weight is 305 g/mol. The lowest BCUT2D eigenvalue weighted by Gasteiger charge is -2.34. The fourth-order valence-electron chi connectivity index (χ4n) is 3.03. The molecule has 0 spiro atoms. The summed E-state index contributed by atoms with van der Waals surface area (Å²) in [7, 11) is 0. The standard InChI is InChI=1S/C13H25BrN2O/c14-9-13(17)11-16-7-3-12(4-8-16)10-15-5-1-2-6-15/h12-13,17H,1-11H2. The number of likely N-dealkylation sites (tertiary alicyclic amines) is 2. The van der Waals surface area contributed by atoms with Gasteiger partial charge in [0.1, 0.15) is 0 Å². The second-order valence-corrected chi connectivity index (χ2v) is 6.21. The van der Waals surface area contributed by atoms with Gasteiger partial charge < -0.3 is 14.9 Å². The number of nitrogens with zero attached hydrogens (tertiary/aromatic N) is 2. The first kappa shape index (κ1) is 13.8. The summed E-state index contributed by atoms with van der Waals surface area (Å²) >= 11 is 3.33. The Morgan fingerprint density at radius 1 is 1.06 bits per heavy atom. The van der Waals surface area contributed by atoms with Gasteiger partial charge >= 0.3 is 0 Å². The highest BCUT2D eigenvalue weighted by molar-refractivity contribution is 9.09. The molecule has 17 heavy (non-hydrogen) atoms. The van der Waals surface area contributed by atoms with Crippen molar-refractivity contribution in [3.05, 3.63) is 0 Å². The van der Waals surface area contributed by atoms with E-state index in [0.29, 0.717) is 5.33 Å². The second kappa shape index (κ2) is 7.07. The largest absolute Gasteiger partial charge is 0.391 e. The Bertz CT molecular complexity index is 213. The van der Waals surface area contributed by atoms with Crippen molar-refractivity contribution in [3.8, 4) is 0 Å². The van der Waals surface area contributed by atoms with Gasteiger partial charge in [-0.25, -0.2) is 0 Å². The lowest BCUT2D eigenvalue weighted by atomic mass is 9.96. The number of halogens is 1. The number of aliphatic hydroxyl groups excluding tert-OH is 1. The van der Waals surface area contributed by atoms with E-state index in [1.807, 2.05) is 0 Å². The van der Waals surface area contributed by atoms with Gasteiger partial charge in [0.05, 0.1) is 6.10 Å². The topological polar surface area (TPSA) is 26.7 Å². The Kier molecular flexibility index (Phi) is 5.74. The molecule has 0 bridgehead atoms. The number of hydrogen-bond acceptors (Lipinski definition) is 3. The third kappa shape index (κ3) is 4.51. The Balaban J connectivity index is 1.63. The first-order chi connectivity index (χ1) is 8.28. The molecule has 0 radical (unpaired) electrons. The van der Waals surface area contributed by atoms with Crippen LogP contribution in [0.2, 0.25) is 0 Å². The zero-order chi connectivity index (χ0) is 12.1. The van der Waals surface area contributed by atoms with Crippen LogP contribution in [-0.2, 0) is 0 Å². The van der Waals surface area contributed by atoms with Gasteiger partial charge in [0.25, 0.3) is 0 Å². The molecule has 4 heteroatoms. The molecule has 3 nitrogen and oxygen atoms in total. The molecule has 2 rings (SSSR count). The molecule has 2 heterocycles. The van der Waals surface area contributed by atoms with Gasteiger partial charge in [-0.15, -0.1) is 0 Å². The molecule has 0 amide bonds. The molecule has 1 atom stereocenters. The SMILES string of the molecule is OC(CBr)CN1CCC(CN2CCCC2)CC1. The van der Waals surface area contributed by atoms with Crippen LogP contribution in [0.25, 0.3) is 0 Å². The lowest BCUT2D eigenvalue weighted by molar-refractivity contribution is 0.0952. The van der Waals surface area contributed by atoms with Crippen LogP contribution in [0.3, 0.4) is 0 Å². The van der Waals surface area contributed by atoms with Gasteiger partial charge in [0.2, 0.25) is 0 Å². The van der Waals surface area contributed by atoms with E-state index in [0.717, 1.165) is 12.5 Å². The molecular weight excluding hydrogens is 280 g/mol. The van der Waals surface area contributed by atoms with Gasteiger partial charge in [-0.3, -0.25) is 0 Å². The fourth-order valence-corrected chi connectivity index (χ4v) is 3.23. The van der Waals surface area contributed by atoms with Gasteiger partial charge in [-0.1, -0.05) is 15.9 Å². The van der Waals surface area contributed by atoms with Crippen LogP contribution in [-0.4, -0.2) is 65.6 Å². The summed E-state index contributed by atoms with van der Waals surface area (Å²) in [5.41, 5.74) is 0. The predicted octanol–water partition coefficient (Wildman–Crippen LogP) is 1.55. The normalized spacial score (nSPS) is 26.5. The monoisotopic (exact) mass is 304 g/mol. The number of piperidine rings is 1. The van der Waals surface area contributed by atoms with E-state index in [1.165, 1.54) is 58.4 Å². The molecule has 0 aromatic carbocycles. The molecule has 100 valence electrons. The van der Waals surface area contributed by atoms with Crippen molar-refractivity contribution in [2.45, 2.75) is 31.8 Å². The Morgan fingerprint density at radius 3 is 2.29 bits per heavy atom. The van der Waals surface area contributed by atoms with Gasteiger partial charge in [0, 0.05) is 18.4 Å². The average Bonchev–Trinajstić information content (AvgIpc) is 2.84. The maximum Gasteiger partial charge on any atom is 0.0763 e. The number of aliphatic hydroxyl groups is 1. The van der Waals surface area contributed by atoms with E-state index in [1.54, 1.807) is 0 Å². The fraction of sp³-hybridized carbons (Fsp3) is 1.00. The van der Waals surface area contributed by atoms with E-state index in [-0.39, 0.29) is 6.10 Å². The zero-order valence-electron chi connectivity index (χ0n) is 10.7. The molecule has 0 aliphatic carbocycles. The molecule has 0 aromatic rings. The third-order valence-electron chi connectivity index (χ3n) is 4.07. The molecule has 1 unspecified atom stereocenters. The van der Waals surface area contributed by atoms with Gasteiger partial charge in [0.15, 0.2) is 0 Å². The van der Waals surface area contributed by atoms with Crippen molar-refractivity contribution < 1.29 is 5.11 Å². The van der Waals surface area contributed by atoms with Crippen molar-refractivity contribution in [1.29, 1.82) is 0 Å². The summed E-state index contributed by atoms with van der Waals surface area (Å²) in [4.78, 5) is 5.04. The van der Waals surface area contributed by atoms with E-state index in [4.69, 9.17) is 0 Å². The van der Waals surface area contributed by atoms with E-state index < -0.39 is 0 Å². The molecule has 1 N–H and O–H groups in total. The Hall–Kier alpha value is 0.360. The molecule has 2 fully saturated rings. The summed E-state index contributed by atoms with van der Waals surface area (Å²) in [5, 5.41) is 10.3. The number of rotatable bonds is 5. The number of alkyl halides is 1. The van der Waals surface area contributed by atoms with Gasteiger partial charge in [-0.05, 0) is 57.8 Å². The van der Waals surface area contributed by atoms with Crippen molar-refractivity contribution in [2.24, 2.45) is 5.92 Å². The smallest absolute Gasteiger partial charge is 0.0763 e. The Morgan fingerprint density at radius 2 is 1.71 bits per heavy atom. The highest BCUT2D eigenvalue weighted by Gasteiger charge is 2.23. The van der Waals surface area contributed by atoms with Crippen LogP contribution in [0.5, 0.6) is 0 Å². The highest BCUT2D eigenvalue weighted by atomic mass is 79.9. The molecule has 0 saturated carbocycles. The maximum atomic E-state index is 9.61. The van der Waals surface area contributed by atoms with E-state index in [2.05, 4.69) is 25.7 Å². The summed E-state index contributed by atoms with van der Waals surface area (Å²) in [6.45, 7) is 7.13. The van der Waals surface area contributed by atoms with Crippen LogP contribution >= 0.6 is 15.9 Å². The van der Waals surface area contributed by atoms with Crippen molar-refractivity contribution >= 4 is 15.9 Å². The van der Waals surface area contributed by atoms with Crippen molar-refractivity contribution in [2.75, 3.05) is 44.6 Å². The third-order valence-corrected chi connectivity index (χ3v) is 4.82. The summed E-state index contributed by atoms with van der Waals surface area (Å²) < 4.78 is 0. The lowest BCUT2D eigenvalue weighted by Crippen LogP contribution is -2.41. The van der Waals surface area contributed by atoms with Crippen LogP contribution in [0, 0.1) is 5.92 Å². The van der Waals surface area contributed by atoms with Crippen LogP contribution in [0.4, 0.5) is 0 Å². The van der Waals surface area contributed by atoms with Crippen LogP contribution < -0.4 is 0 Å². The Labute approximate surface area is 113 Å². The van der Waals surface area contributed by atoms with Crippen LogP contribution in [0.15, 0.2) is 0 Å². The molecule has 2 aliphatic heterocycles. The van der Waals surface area contributed by atoms with E-state index in [9.17, 15) is 5.11 Å². The first-order valence-electron chi connectivity index (χ1n) is 6.96. The van der Waals surface area contributed by atoms with Crippen LogP contribution in [0.1, 0.15) is 25.7 Å². The highest BCUT2D eigenvalue weighted by Crippen LogP contribution is 2.20. The van der Waals surface area contributed by atoms with Gasteiger partial charge in [-0.2, -0.15) is 0 Å². The molecule has 2 saturated heterocycles. The maximum absolute atomic E-state index is 9.61. The first-order valence-corrected chi connectivity index (χ1v) is 8.09. The zero-order valence-corrected chi connectivity index (χ0v) is 12.2. The molecular formula is C13H25BrN2O. The number of β-amino-alcohol motifs (C(OH)–C–C–N with tert-alkyl or cyclic N) is 1. The minimum absolute atomic E-state index is 0.204. The molecule has 0 aromatic heterocycles. The molecule has 2 aliphatic rings. The second-order valence-electron chi connectivity index (χ2n) is 5.56. The summed E-state index contributed by atoms with van der Waals surface area (Å²) in [5.74, 6) is 0.894. The van der Waals surface area contributed by atoms with Crippen molar-refractivity contribution in [1.82, 2.24) is 9.80 Å². The van der Waals surface area contributed by atoms with Crippen molar-refractivity contribution in [3.63, 3.8) is 0 Å². The summed E-state index contributed by atoms with van der Waals surface area (Å²) in [6.07, 6.45) is 5.22. The predicted molar refractivity (Wildman–Crippen MR) is 74.6 cm³/mol. The minimum Gasteiger partial charge on any atom is -0.391 e. The summed E-state index contributed by atoms with van der Waals surface area (Å²) in [6, 6.07) is 0. The quantitative estimate of drug-likeness (QED) is 0.781. The number of hydrogen-bond donors (Lipinski definition) is 1. The minimum atomic E-state index is -0.204. The van der Waals surface area contributed by atoms with E-state index >= 15 is 0 Å².